The summed E-state index contributed by atoms with van der Waals surface area (Å²) < 4.78 is 5.34. The summed E-state index contributed by atoms with van der Waals surface area (Å²) >= 11 is 0. The van der Waals surface area contributed by atoms with E-state index >= 15 is 0 Å². The first-order chi connectivity index (χ1) is 10.0. The van der Waals surface area contributed by atoms with Crippen molar-refractivity contribution in [2.24, 2.45) is 0 Å². The number of amides is 2. The Morgan fingerprint density at radius 1 is 1.48 bits per heavy atom. The van der Waals surface area contributed by atoms with E-state index in [1.165, 1.54) is 0 Å². The van der Waals surface area contributed by atoms with E-state index in [4.69, 9.17) is 4.74 Å². The summed E-state index contributed by atoms with van der Waals surface area (Å²) in [5.74, 6) is 0.766. The largest absolute Gasteiger partial charge is 0.496 e. The number of carbonyl (C=O) groups is 2. The normalized spacial score (nSPS) is 19.0. The van der Waals surface area contributed by atoms with Gasteiger partial charge in [0.25, 0.3) is 0 Å². The predicted molar refractivity (Wildman–Crippen MR) is 80.1 cm³/mol. The van der Waals surface area contributed by atoms with Crippen LogP contribution in [-0.4, -0.2) is 43.0 Å². The Balaban J connectivity index is 2.00. The molecule has 114 valence electrons. The number of rotatable bonds is 5. The molecule has 1 heterocycles. The van der Waals surface area contributed by atoms with Crippen LogP contribution in [0.4, 0.5) is 0 Å². The van der Waals surface area contributed by atoms with E-state index in [-0.39, 0.29) is 23.9 Å². The minimum absolute atomic E-state index is 0.0248. The maximum absolute atomic E-state index is 12.4. The highest BCUT2D eigenvalue weighted by molar-refractivity contribution is 5.90. The highest BCUT2D eigenvalue weighted by Gasteiger charge is 2.31. The van der Waals surface area contributed by atoms with Crippen molar-refractivity contribution in [3.8, 4) is 5.75 Å². The molecule has 21 heavy (non-hydrogen) atoms. The van der Waals surface area contributed by atoms with E-state index in [1.54, 1.807) is 19.1 Å². The molecule has 1 aliphatic rings. The zero-order valence-corrected chi connectivity index (χ0v) is 12.8. The van der Waals surface area contributed by atoms with Crippen molar-refractivity contribution >= 4 is 11.8 Å². The van der Waals surface area contributed by atoms with Gasteiger partial charge in [0.1, 0.15) is 11.8 Å². The van der Waals surface area contributed by atoms with Crippen LogP contribution in [0.3, 0.4) is 0 Å². The van der Waals surface area contributed by atoms with Gasteiger partial charge >= 0.3 is 0 Å². The molecule has 0 radical (unpaired) electrons. The molecule has 0 spiro atoms. The van der Waals surface area contributed by atoms with Crippen LogP contribution in [0, 0.1) is 0 Å². The third-order valence-corrected chi connectivity index (χ3v) is 4.01. The molecule has 1 saturated heterocycles. The quantitative estimate of drug-likeness (QED) is 0.891. The summed E-state index contributed by atoms with van der Waals surface area (Å²) in [4.78, 5) is 25.3. The van der Waals surface area contributed by atoms with Crippen LogP contribution in [0.15, 0.2) is 24.3 Å². The number of benzene rings is 1. The summed E-state index contributed by atoms with van der Waals surface area (Å²) in [6.45, 7) is 2.00. The molecule has 0 saturated carbocycles. The molecule has 1 fully saturated rings. The topological polar surface area (TPSA) is 58.6 Å². The van der Waals surface area contributed by atoms with E-state index in [9.17, 15) is 9.59 Å². The Labute approximate surface area is 125 Å². The second-order valence-corrected chi connectivity index (χ2v) is 5.47. The molecular weight excluding hydrogens is 268 g/mol. The predicted octanol–water partition coefficient (Wildman–Crippen LogP) is 1.36. The maximum atomic E-state index is 12.4. The molecule has 5 heteroatoms. The van der Waals surface area contributed by atoms with Gasteiger partial charge in [0.05, 0.1) is 7.11 Å². The Morgan fingerprint density at radius 3 is 2.81 bits per heavy atom. The zero-order chi connectivity index (χ0) is 15.4. The Bertz CT molecular complexity index is 530. The summed E-state index contributed by atoms with van der Waals surface area (Å²) in [7, 11) is 3.43. The van der Waals surface area contributed by atoms with Crippen molar-refractivity contribution < 1.29 is 14.3 Å². The van der Waals surface area contributed by atoms with E-state index in [2.05, 4.69) is 5.32 Å². The summed E-state index contributed by atoms with van der Waals surface area (Å²) in [6.07, 6.45) is 1.74. The van der Waals surface area contributed by atoms with Crippen LogP contribution >= 0.6 is 0 Å². The van der Waals surface area contributed by atoms with Crippen molar-refractivity contribution in [2.45, 2.75) is 38.3 Å². The van der Waals surface area contributed by atoms with Gasteiger partial charge in [-0.1, -0.05) is 18.2 Å². The van der Waals surface area contributed by atoms with Gasteiger partial charge in [-0.3, -0.25) is 9.59 Å². The number of methoxy groups -OCH3 is 1. The van der Waals surface area contributed by atoms with Crippen molar-refractivity contribution in [1.29, 1.82) is 0 Å². The molecule has 0 aliphatic carbocycles. The minimum atomic E-state index is -0.373. The van der Waals surface area contributed by atoms with E-state index < -0.39 is 0 Å². The van der Waals surface area contributed by atoms with Gasteiger partial charge in [0.2, 0.25) is 11.8 Å². The van der Waals surface area contributed by atoms with Crippen LogP contribution in [0.1, 0.15) is 25.3 Å². The van der Waals surface area contributed by atoms with Crippen LogP contribution in [0.25, 0.3) is 0 Å². The smallest absolute Gasteiger partial charge is 0.245 e. The molecule has 2 amide bonds. The lowest BCUT2D eigenvalue weighted by Crippen LogP contribution is -2.46. The number of hydrogen-bond acceptors (Lipinski definition) is 3. The van der Waals surface area contributed by atoms with Crippen LogP contribution < -0.4 is 10.1 Å². The van der Waals surface area contributed by atoms with Gasteiger partial charge in [-0.2, -0.15) is 0 Å². The second kappa shape index (κ2) is 6.61. The zero-order valence-electron chi connectivity index (χ0n) is 12.8. The summed E-state index contributed by atoms with van der Waals surface area (Å²) in [5, 5.41) is 2.72. The summed E-state index contributed by atoms with van der Waals surface area (Å²) in [5.41, 5.74) is 1.07. The van der Waals surface area contributed by atoms with Crippen LogP contribution in [0.5, 0.6) is 5.75 Å². The Kier molecular flexibility index (Phi) is 4.83. The van der Waals surface area contributed by atoms with Crippen LogP contribution in [0.2, 0.25) is 0 Å². The standard InChI is InChI=1S/C16H22N2O3/c1-11(10-12-6-4-5-7-14(12)21-3)18(2)16(20)13-8-9-15(19)17-13/h4-7,11,13H,8-10H2,1-3H3,(H,17,19). The second-order valence-electron chi connectivity index (χ2n) is 5.47. The minimum Gasteiger partial charge on any atom is -0.496 e. The number of hydrogen-bond donors (Lipinski definition) is 1. The fourth-order valence-corrected chi connectivity index (χ4v) is 2.59. The Morgan fingerprint density at radius 2 is 2.19 bits per heavy atom. The van der Waals surface area contributed by atoms with Gasteiger partial charge in [0.15, 0.2) is 0 Å². The van der Waals surface area contributed by atoms with Gasteiger partial charge in [-0.05, 0) is 31.4 Å². The van der Waals surface area contributed by atoms with Crippen molar-refractivity contribution in [3.63, 3.8) is 0 Å². The molecular formula is C16H22N2O3. The first kappa shape index (κ1) is 15.4. The monoisotopic (exact) mass is 290 g/mol. The third-order valence-electron chi connectivity index (χ3n) is 4.01. The first-order valence-corrected chi connectivity index (χ1v) is 7.21. The van der Waals surface area contributed by atoms with E-state index in [0.29, 0.717) is 19.3 Å². The lowest BCUT2D eigenvalue weighted by Gasteiger charge is -2.28. The van der Waals surface area contributed by atoms with E-state index in [0.717, 1.165) is 11.3 Å². The summed E-state index contributed by atoms with van der Waals surface area (Å²) in [6, 6.07) is 7.47. The molecule has 1 N–H and O–H groups in total. The fourth-order valence-electron chi connectivity index (χ4n) is 2.59. The molecule has 2 rings (SSSR count). The molecule has 1 aromatic carbocycles. The van der Waals surface area contributed by atoms with Gasteiger partial charge in [-0.25, -0.2) is 0 Å². The third kappa shape index (κ3) is 3.54. The molecule has 2 atom stereocenters. The van der Waals surface area contributed by atoms with Crippen molar-refractivity contribution in [1.82, 2.24) is 10.2 Å². The highest BCUT2D eigenvalue weighted by Crippen LogP contribution is 2.21. The molecule has 5 nitrogen and oxygen atoms in total. The molecule has 2 unspecified atom stereocenters. The Hall–Kier alpha value is -2.04. The molecule has 0 bridgehead atoms. The molecule has 0 aromatic heterocycles. The van der Waals surface area contributed by atoms with Crippen molar-refractivity contribution in [2.75, 3.05) is 14.2 Å². The van der Waals surface area contributed by atoms with Crippen LogP contribution in [-0.2, 0) is 16.0 Å². The first-order valence-electron chi connectivity index (χ1n) is 7.21. The number of carbonyl (C=O) groups excluding carboxylic acids is 2. The fraction of sp³-hybridized carbons (Fsp3) is 0.500. The average molecular weight is 290 g/mol. The average Bonchev–Trinajstić information content (AvgIpc) is 2.92. The number of para-hydroxylation sites is 1. The lowest BCUT2D eigenvalue weighted by atomic mass is 10.0. The number of likely N-dealkylation sites (N-methyl/N-ethyl adjacent to an activating group) is 1. The number of nitrogens with zero attached hydrogens (tertiary/aromatic N) is 1. The maximum Gasteiger partial charge on any atom is 0.245 e. The lowest BCUT2D eigenvalue weighted by molar-refractivity contribution is -0.134. The van der Waals surface area contributed by atoms with Crippen molar-refractivity contribution in [3.05, 3.63) is 29.8 Å². The number of nitrogens with one attached hydrogen (secondary N) is 1. The molecule has 1 aromatic rings. The number of ether oxygens (including phenoxy) is 1. The van der Waals surface area contributed by atoms with Gasteiger partial charge < -0.3 is 15.0 Å². The van der Waals surface area contributed by atoms with E-state index in [1.807, 2.05) is 31.2 Å². The van der Waals surface area contributed by atoms with Gasteiger partial charge in [0, 0.05) is 19.5 Å². The highest BCUT2D eigenvalue weighted by atomic mass is 16.5. The SMILES string of the molecule is COc1ccccc1CC(C)N(C)C(=O)C1CCC(=O)N1. The van der Waals surface area contributed by atoms with Gasteiger partial charge in [-0.15, -0.1) is 0 Å². The molecule has 1 aliphatic heterocycles.